The van der Waals surface area contributed by atoms with Crippen molar-refractivity contribution in [3.8, 4) is 0 Å². The van der Waals surface area contributed by atoms with Crippen LogP contribution in [-0.2, 0) is 43.0 Å². The van der Waals surface area contributed by atoms with Crippen molar-refractivity contribution in [2.45, 2.75) is 171 Å². The predicted molar refractivity (Wildman–Crippen MR) is 210 cm³/mol. The summed E-state index contributed by atoms with van der Waals surface area (Å²) in [6.45, 7) is 10.2. The maximum absolute atomic E-state index is 12.9. The van der Waals surface area contributed by atoms with Gasteiger partial charge in [-0.2, -0.15) is 8.42 Å². The lowest BCUT2D eigenvalue weighted by Gasteiger charge is -2.66. The molecular weight excluding hydrogens is 813 g/mol. The highest BCUT2D eigenvalue weighted by Gasteiger charge is 2.74. The van der Waals surface area contributed by atoms with Gasteiger partial charge in [-0.15, -0.1) is 0 Å². The second kappa shape index (κ2) is 18.7. The van der Waals surface area contributed by atoms with Crippen molar-refractivity contribution in [1.82, 2.24) is 0 Å². The van der Waals surface area contributed by atoms with Crippen molar-refractivity contribution in [3.05, 3.63) is 0 Å². The number of aliphatic hydroxyl groups excluding tert-OH is 7. The fourth-order valence-electron chi connectivity index (χ4n) is 13.2. The van der Waals surface area contributed by atoms with Gasteiger partial charge in [0.1, 0.15) is 36.6 Å². The number of rotatable bonds is 15. The fourth-order valence-corrected chi connectivity index (χ4v) is 13.7. The van der Waals surface area contributed by atoms with Crippen molar-refractivity contribution >= 4 is 10.4 Å². The third-order valence-electron chi connectivity index (χ3n) is 16.1. The molecule has 4 aliphatic carbocycles. The van der Waals surface area contributed by atoms with Gasteiger partial charge in [0.2, 0.25) is 0 Å². The molecule has 2 saturated heterocycles. The minimum atomic E-state index is -5.03. The Balaban J connectivity index is 1.13. The molecule has 19 heteroatoms. The highest BCUT2D eigenvalue weighted by atomic mass is 32.3. The van der Waals surface area contributed by atoms with E-state index < -0.39 is 130 Å². The first kappa shape index (κ1) is 48.8. The predicted octanol–water partition coefficient (Wildman–Crippen LogP) is 0.137. The topological polar surface area (TPSA) is 281 Å². The molecule has 0 bridgehead atoms. The van der Waals surface area contributed by atoms with Crippen LogP contribution in [0.1, 0.15) is 86.0 Å². The molecule has 2 aliphatic heterocycles. The summed E-state index contributed by atoms with van der Waals surface area (Å²) in [5.74, 6) is -2.48. The van der Waals surface area contributed by atoms with E-state index in [9.17, 15) is 53.8 Å². The smallest absolute Gasteiger partial charge is 0.390 e. The lowest BCUT2D eigenvalue weighted by atomic mass is 9.41. The van der Waals surface area contributed by atoms with Crippen LogP contribution in [0.2, 0.25) is 0 Å². The normalized spacial score (nSPS) is 49.5. The average Bonchev–Trinajstić information content (AvgIpc) is 3.37. The third kappa shape index (κ3) is 8.97. The molecule has 4 unspecified atom stereocenters. The van der Waals surface area contributed by atoms with Crippen molar-refractivity contribution in [3.63, 3.8) is 0 Å². The van der Waals surface area contributed by atoms with Crippen molar-refractivity contribution in [2.24, 2.45) is 52.3 Å². The van der Waals surface area contributed by atoms with Crippen LogP contribution in [0.5, 0.6) is 0 Å². The molecule has 0 spiro atoms. The van der Waals surface area contributed by atoms with Crippen LogP contribution in [0.25, 0.3) is 0 Å². The van der Waals surface area contributed by atoms with Gasteiger partial charge in [-0.05, 0) is 78.9 Å². The molecule has 350 valence electrons. The van der Waals surface area contributed by atoms with Crippen LogP contribution in [-0.4, -0.2) is 173 Å². The summed E-state index contributed by atoms with van der Waals surface area (Å²) in [5.41, 5.74) is -3.41. The maximum atomic E-state index is 12.9. The number of ether oxygens (including phenoxy) is 6. The first-order chi connectivity index (χ1) is 28.0. The molecule has 2 heterocycles. The van der Waals surface area contributed by atoms with Gasteiger partial charge in [0.25, 0.3) is 0 Å². The monoisotopic (exact) mass is 884 g/mol. The Morgan fingerprint density at radius 2 is 1.40 bits per heavy atom. The lowest BCUT2D eigenvalue weighted by molar-refractivity contribution is -0.346. The number of hydrogen-bond acceptors (Lipinski definition) is 17. The quantitative estimate of drug-likeness (QED) is 0.0989. The van der Waals surface area contributed by atoms with E-state index in [4.69, 9.17) is 32.6 Å². The molecule has 6 rings (SSSR count). The Morgan fingerprint density at radius 3 is 2.03 bits per heavy atom. The second-order valence-corrected chi connectivity index (χ2v) is 20.8. The highest BCUT2D eigenvalue weighted by Crippen LogP contribution is 2.70. The number of fused-ring (bicyclic) bond motifs is 5. The summed E-state index contributed by atoms with van der Waals surface area (Å²) in [6, 6.07) is 0. The zero-order valence-corrected chi connectivity index (χ0v) is 36.7. The molecule has 6 fully saturated rings. The summed E-state index contributed by atoms with van der Waals surface area (Å²) in [4.78, 5) is 0. The van der Waals surface area contributed by atoms with Gasteiger partial charge in [-0.3, -0.25) is 4.55 Å². The molecule has 0 aromatic carbocycles. The van der Waals surface area contributed by atoms with E-state index in [0.29, 0.717) is 32.1 Å². The van der Waals surface area contributed by atoms with E-state index in [-0.39, 0.29) is 50.4 Å². The fraction of sp³-hybridized carbons (Fsp3) is 1.00. The molecule has 9 N–H and O–H groups in total. The van der Waals surface area contributed by atoms with Crippen LogP contribution in [0.4, 0.5) is 0 Å². The van der Waals surface area contributed by atoms with Gasteiger partial charge >= 0.3 is 10.4 Å². The van der Waals surface area contributed by atoms with E-state index in [1.807, 2.05) is 20.8 Å². The van der Waals surface area contributed by atoms with E-state index in [1.54, 1.807) is 0 Å². The molecule has 22 atom stereocenters. The van der Waals surface area contributed by atoms with Gasteiger partial charge in [0.15, 0.2) is 12.6 Å². The Kier molecular flexibility index (Phi) is 15.2. The molecule has 0 radical (unpaired) electrons. The minimum absolute atomic E-state index is 0.0399. The third-order valence-corrected chi connectivity index (χ3v) is 16.6. The van der Waals surface area contributed by atoms with Crippen LogP contribution in [0, 0.1) is 52.3 Å². The molecule has 18 nitrogen and oxygen atoms in total. The maximum Gasteiger partial charge on any atom is 0.397 e. The van der Waals surface area contributed by atoms with Crippen molar-refractivity contribution < 1.29 is 86.4 Å². The zero-order valence-electron chi connectivity index (χ0n) is 35.9. The van der Waals surface area contributed by atoms with Gasteiger partial charge in [0.05, 0.1) is 55.9 Å². The summed E-state index contributed by atoms with van der Waals surface area (Å²) >= 11 is 0. The van der Waals surface area contributed by atoms with Crippen molar-refractivity contribution in [1.29, 1.82) is 0 Å². The van der Waals surface area contributed by atoms with E-state index >= 15 is 0 Å². The van der Waals surface area contributed by atoms with E-state index in [1.165, 1.54) is 14.2 Å². The van der Waals surface area contributed by atoms with Crippen LogP contribution >= 0.6 is 0 Å². The molecule has 0 aromatic heterocycles. The summed E-state index contributed by atoms with van der Waals surface area (Å²) < 4.78 is 73.9. The van der Waals surface area contributed by atoms with Crippen LogP contribution in [0.15, 0.2) is 0 Å². The van der Waals surface area contributed by atoms with Crippen LogP contribution in [0.3, 0.4) is 0 Å². The molecule has 4 saturated carbocycles. The summed E-state index contributed by atoms with van der Waals surface area (Å²) in [5, 5.41) is 90.2. The minimum Gasteiger partial charge on any atom is -0.390 e. The zero-order chi connectivity index (χ0) is 44.3. The largest absolute Gasteiger partial charge is 0.397 e. The van der Waals surface area contributed by atoms with Gasteiger partial charge in [-0.1, -0.05) is 41.0 Å². The Bertz CT molecular complexity index is 1540. The van der Waals surface area contributed by atoms with E-state index in [2.05, 4.69) is 13.8 Å². The second-order valence-electron chi connectivity index (χ2n) is 19.7. The van der Waals surface area contributed by atoms with Gasteiger partial charge in [0, 0.05) is 32.5 Å². The SMILES string of the molecule is COC1C(O)[C@H](O)CO[C@H]1OC1C(O)[C@H](OC)CO[C@H]1OCC[C@@H](CC[C@@H](C)[C@H]1[C@@H](O)[C@@H](O)[C@@H]2[C@]1(C)CC[C@@H]1[C@@]3(C)CC[C@H](O)[C@H](O)[C@@H]3[C@@H](OS(=O)(=O)O)C[C@]12O)C(C)C. The van der Waals surface area contributed by atoms with E-state index in [0.717, 1.165) is 6.42 Å². The highest BCUT2D eigenvalue weighted by molar-refractivity contribution is 7.80. The molecule has 6 aliphatic rings. The number of methoxy groups -OCH3 is 2. The Labute approximate surface area is 353 Å². The molecule has 0 amide bonds. The Hall–Kier alpha value is -0.690. The summed E-state index contributed by atoms with van der Waals surface area (Å²) in [7, 11) is -2.24. The van der Waals surface area contributed by atoms with Gasteiger partial charge in [-0.25, -0.2) is 4.18 Å². The van der Waals surface area contributed by atoms with Gasteiger partial charge < -0.3 is 69.3 Å². The molecule has 60 heavy (non-hydrogen) atoms. The van der Waals surface area contributed by atoms with Crippen LogP contribution < -0.4 is 0 Å². The summed E-state index contributed by atoms with van der Waals surface area (Å²) in [6.07, 6.45) is -11.8. The van der Waals surface area contributed by atoms with Crippen molar-refractivity contribution in [2.75, 3.05) is 34.0 Å². The standard InChI is InChI=1S/C41H72O18S/c1-19(2)21(12-15-55-37-35(31(46)25(53-6)18-57-37)58-38-34(54-7)30(45)23(43)17-56-38)9-8-20(3)27-32(47)33(48)36-40(27,5)14-11-26-39(4)13-10-22(42)29(44)28(39)24(16-41(26,36)49)59-60(50,51)52/h19-38,42-49H,8-18H2,1-7H3,(H,50,51,52)/t20-,21-,22+,23-,24+,25-,26-,27+,28+,29+,30?,31?,32-,33-,34?,35?,36-,37-,38+,39-,40-,41+/m1/s1. The first-order valence-corrected chi connectivity index (χ1v) is 23.1. The number of hydrogen-bond donors (Lipinski definition) is 9. The lowest BCUT2D eigenvalue weighted by Crippen LogP contribution is -2.71. The Morgan fingerprint density at radius 1 is 0.733 bits per heavy atom. The molecule has 0 aromatic rings. The molecular formula is C41H72O18S. The first-order valence-electron chi connectivity index (χ1n) is 21.7. The average molecular weight is 885 g/mol. The number of aliphatic hydroxyl groups is 8.